The molecule has 0 aromatic heterocycles. The number of carbonyl (C=O) groups excluding carboxylic acids is 2. The highest BCUT2D eigenvalue weighted by Crippen LogP contribution is 2.21. The molecule has 1 aromatic carbocycles. The summed E-state index contributed by atoms with van der Waals surface area (Å²) < 4.78 is 4.90. The second kappa shape index (κ2) is 4.91. The van der Waals surface area contributed by atoms with Crippen molar-refractivity contribution in [1.29, 1.82) is 0 Å². The number of alkyl carbamates (subject to hydrolysis) is 1. The lowest BCUT2D eigenvalue weighted by molar-refractivity contribution is -0.123. The summed E-state index contributed by atoms with van der Waals surface area (Å²) in [5.74, 6) is -0.353. The minimum absolute atomic E-state index is 0.353. The Bertz CT molecular complexity index is 492. The van der Waals surface area contributed by atoms with Gasteiger partial charge < -0.3 is 9.64 Å². The van der Waals surface area contributed by atoms with E-state index in [1.54, 1.807) is 0 Å². The van der Waals surface area contributed by atoms with Crippen LogP contribution in [0.4, 0.5) is 10.5 Å². The van der Waals surface area contributed by atoms with Gasteiger partial charge in [0.1, 0.15) is 0 Å². The summed E-state index contributed by atoms with van der Waals surface area (Å²) >= 11 is 0. The number of amides is 2. The van der Waals surface area contributed by atoms with Gasteiger partial charge in [-0.2, -0.15) is 0 Å². The molecule has 0 spiro atoms. The second-order valence-electron chi connectivity index (χ2n) is 4.95. The zero-order chi connectivity index (χ0) is 13.2. The van der Waals surface area contributed by atoms with Crippen molar-refractivity contribution in [3.8, 4) is 0 Å². The first kappa shape index (κ1) is 12.0. The molecule has 100 valence electrons. The van der Waals surface area contributed by atoms with Crippen molar-refractivity contribution in [3.05, 3.63) is 29.8 Å². The van der Waals surface area contributed by atoms with E-state index in [2.05, 4.69) is 22.3 Å². The maximum Gasteiger partial charge on any atom is 0.414 e. The van der Waals surface area contributed by atoms with Crippen molar-refractivity contribution in [1.82, 2.24) is 5.32 Å². The molecule has 1 aromatic rings. The normalized spacial score (nSPS) is 22.5. The first-order chi connectivity index (χ1) is 9.22. The molecule has 2 aliphatic heterocycles. The van der Waals surface area contributed by atoms with Gasteiger partial charge in [0.25, 0.3) is 5.91 Å². The smallest absolute Gasteiger partial charge is 0.414 e. The Balaban J connectivity index is 1.65. The number of ether oxygens (including phenoxy) is 1. The quantitative estimate of drug-likeness (QED) is 0.894. The Morgan fingerprint density at radius 3 is 2.42 bits per heavy atom. The lowest BCUT2D eigenvalue weighted by Crippen LogP contribution is -2.25. The Labute approximate surface area is 111 Å². The van der Waals surface area contributed by atoms with Crippen molar-refractivity contribution < 1.29 is 14.3 Å². The number of imide groups is 1. The number of hydrogen-bond acceptors (Lipinski definition) is 4. The van der Waals surface area contributed by atoms with E-state index >= 15 is 0 Å². The third kappa shape index (κ3) is 2.54. The number of carbonyl (C=O) groups is 2. The molecule has 3 rings (SSSR count). The molecule has 0 radical (unpaired) electrons. The number of benzene rings is 1. The highest BCUT2D eigenvalue weighted by atomic mass is 16.6. The molecule has 2 fully saturated rings. The van der Waals surface area contributed by atoms with E-state index in [9.17, 15) is 9.59 Å². The number of nitrogens with one attached hydrogen (secondary N) is 1. The van der Waals surface area contributed by atoms with Gasteiger partial charge in [0.2, 0.25) is 0 Å². The predicted molar refractivity (Wildman–Crippen MR) is 70.0 cm³/mol. The third-order valence-corrected chi connectivity index (χ3v) is 3.60. The fourth-order valence-corrected chi connectivity index (χ4v) is 2.56. The lowest BCUT2D eigenvalue weighted by atomic mass is 10.1. The standard InChI is InChI=1S/C14H16N2O3/c17-13-12(19-14(18)15-13)9-10-3-5-11(6-4-10)16-7-1-2-8-16/h3-6,12H,1-2,7-9H2,(H,15,17,18). The summed E-state index contributed by atoms with van der Waals surface area (Å²) in [6, 6.07) is 8.12. The first-order valence-electron chi connectivity index (χ1n) is 6.58. The van der Waals surface area contributed by atoms with Crippen LogP contribution in [0.3, 0.4) is 0 Å². The number of anilines is 1. The van der Waals surface area contributed by atoms with Gasteiger partial charge in [-0.05, 0) is 30.5 Å². The molecule has 1 unspecified atom stereocenters. The third-order valence-electron chi connectivity index (χ3n) is 3.60. The summed E-state index contributed by atoms with van der Waals surface area (Å²) in [4.78, 5) is 24.7. The summed E-state index contributed by atoms with van der Waals surface area (Å²) in [6.45, 7) is 2.23. The molecule has 2 heterocycles. The van der Waals surface area contributed by atoms with Crippen LogP contribution in [-0.4, -0.2) is 31.2 Å². The van der Waals surface area contributed by atoms with Gasteiger partial charge in [-0.25, -0.2) is 4.79 Å². The summed E-state index contributed by atoms with van der Waals surface area (Å²) in [7, 11) is 0. The van der Waals surface area contributed by atoms with Crippen LogP contribution in [0.5, 0.6) is 0 Å². The van der Waals surface area contributed by atoms with Gasteiger partial charge in [0.05, 0.1) is 0 Å². The van der Waals surface area contributed by atoms with Crippen LogP contribution in [0.1, 0.15) is 18.4 Å². The SMILES string of the molecule is O=C1NC(=O)C(Cc2ccc(N3CCCC3)cc2)O1. The molecule has 2 aliphatic rings. The summed E-state index contributed by atoms with van der Waals surface area (Å²) in [5, 5.41) is 2.13. The van der Waals surface area contributed by atoms with Crippen LogP contribution in [0, 0.1) is 0 Å². The maximum absolute atomic E-state index is 11.4. The number of hydrogen-bond donors (Lipinski definition) is 1. The zero-order valence-corrected chi connectivity index (χ0v) is 10.6. The van der Waals surface area contributed by atoms with Crippen LogP contribution in [0.15, 0.2) is 24.3 Å². The van der Waals surface area contributed by atoms with Gasteiger partial charge in [0.15, 0.2) is 6.10 Å². The fraction of sp³-hybridized carbons (Fsp3) is 0.429. The van der Waals surface area contributed by atoms with Crippen molar-refractivity contribution in [2.45, 2.75) is 25.4 Å². The van der Waals surface area contributed by atoms with Gasteiger partial charge in [-0.3, -0.25) is 10.1 Å². The largest absolute Gasteiger partial charge is 0.435 e. The minimum Gasteiger partial charge on any atom is -0.435 e. The number of rotatable bonds is 3. The number of cyclic esters (lactones) is 1. The van der Waals surface area contributed by atoms with E-state index in [0.717, 1.165) is 18.7 Å². The molecule has 5 heteroatoms. The van der Waals surface area contributed by atoms with Crippen LogP contribution in [-0.2, 0) is 16.0 Å². The molecule has 5 nitrogen and oxygen atoms in total. The van der Waals surface area contributed by atoms with E-state index in [0.29, 0.717) is 6.42 Å². The topological polar surface area (TPSA) is 58.6 Å². The van der Waals surface area contributed by atoms with E-state index in [1.807, 2.05) is 12.1 Å². The molecule has 0 aliphatic carbocycles. The Hall–Kier alpha value is -2.04. The van der Waals surface area contributed by atoms with E-state index < -0.39 is 12.2 Å². The minimum atomic E-state index is -0.690. The van der Waals surface area contributed by atoms with Crippen LogP contribution >= 0.6 is 0 Å². The molecule has 1 atom stereocenters. The molecule has 0 saturated carbocycles. The average Bonchev–Trinajstić information content (AvgIpc) is 3.01. The second-order valence-corrected chi connectivity index (χ2v) is 4.95. The highest BCUT2D eigenvalue weighted by Gasteiger charge is 2.32. The lowest BCUT2D eigenvalue weighted by Gasteiger charge is -2.17. The van der Waals surface area contributed by atoms with Gasteiger partial charge in [-0.15, -0.1) is 0 Å². The van der Waals surface area contributed by atoms with E-state index in [1.165, 1.54) is 18.5 Å². The predicted octanol–water partition coefficient (Wildman–Crippen LogP) is 1.46. The molecule has 1 N–H and O–H groups in total. The summed E-state index contributed by atoms with van der Waals surface area (Å²) in [5.41, 5.74) is 2.21. The molecule has 2 saturated heterocycles. The van der Waals surface area contributed by atoms with Crippen LogP contribution < -0.4 is 10.2 Å². The fourth-order valence-electron chi connectivity index (χ4n) is 2.56. The number of nitrogens with zero attached hydrogens (tertiary/aromatic N) is 1. The van der Waals surface area contributed by atoms with Crippen molar-refractivity contribution in [3.63, 3.8) is 0 Å². The van der Waals surface area contributed by atoms with Crippen molar-refractivity contribution >= 4 is 17.7 Å². The van der Waals surface area contributed by atoms with E-state index in [-0.39, 0.29) is 5.91 Å². The van der Waals surface area contributed by atoms with E-state index in [4.69, 9.17) is 4.74 Å². The molecule has 19 heavy (non-hydrogen) atoms. The zero-order valence-electron chi connectivity index (χ0n) is 10.6. The average molecular weight is 260 g/mol. The maximum atomic E-state index is 11.4. The molecular weight excluding hydrogens is 244 g/mol. The van der Waals surface area contributed by atoms with Gasteiger partial charge in [0, 0.05) is 25.2 Å². The van der Waals surface area contributed by atoms with Crippen molar-refractivity contribution in [2.24, 2.45) is 0 Å². The van der Waals surface area contributed by atoms with Gasteiger partial charge in [-0.1, -0.05) is 12.1 Å². The molecular formula is C14H16N2O3. The van der Waals surface area contributed by atoms with Gasteiger partial charge >= 0.3 is 6.09 Å². The monoisotopic (exact) mass is 260 g/mol. The molecule has 0 bridgehead atoms. The van der Waals surface area contributed by atoms with Crippen LogP contribution in [0.2, 0.25) is 0 Å². The first-order valence-corrected chi connectivity index (χ1v) is 6.58. The highest BCUT2D eigenvalue weighted by molar-refractivity contribution is 6.00. The Morgan fingerprint density at radius 2 is 1.84 bits per heavy atom. The van der Waals surface area contributed by atoms with Crippen molar-refractivity contribution in [2.75, 3.05) is 18.0 Å². The summed E-state index contributed by atoms with van der Waals surface area (Å²) in [6.07, 6.45) is 1.59. The molecule has 2 amide bonds. The van der Waals surface area contributed by atoms with Crippen LogP contribution in [0.25, 0.3) is 0 Å². The Kier molecular flexibility index (Phi) is 3.11. The Morgan fingerprint density at radius 1 is 1.16 bits per heavy atom.